The van der Waals surface area contributed by atoms with E-state index in [1.165, 1.54) is 6.92 Å². The minimum absolute atomic E-state index is 0.00974. The van der Waals surface area contributed by atoms with Crippen LogP contribution in [0.4, 0.5) is 18.6 Å². The van der Waals surface area contributed by atoms with Crippen LogP contribution in [0.2, 0.25) is 0 Å². The van der Waals surface area contributed by atoms with Gasteiger partial charge in [0.1, 0.15) is 23.2 Å². The van der Waals surface area contributed by atoms with E-state index in [4.69, 9.17) is 14.2 Å². The van der Waals surface area contributed by atoms with Crippen LogP contribution in [0.3, 0.4) is 0 Å². The lowest BCUT2D eigenvalue weighted by Crippen LogP contribution is -2.27. The summed E-state index contributed by atoms with van der Waals surface area (Å²) in [6.45, 7) is 13.1. The molecule has 0 amide bonds. The van der Waals surface area contributed by atoms with Crippen molar-refractivity contribution in [2.45, 2.75) is 85.9 Å². The zero-order chi connectivity index (χ0) is 35.7. The predicted octanol–water partition coefficient (Wildman–Crippen LogP) is 3.03. The fraction of sp³-hybridized carbons (Fsp3) is 0.577. The van der Waals surface area contributed by atoms with Crippen LogP contribution in [-0.4, -0.2) is 77.3 Å². The molecular formula is C26H36BF3N2O13. The number of halogens is 3. The number of H-pyrrole nitrogens is 1. The van der Waals surface area contributed by atoms with Crippen molar-refractivity contribution in [1.82, 2.24) is 4.98 Å². The number of Topliss-reactive ketones (excluding diaryl/α,β-unsaturated/α-hetero) is 2. The van der Waals surface area contributed by atoms with E-state index in [0.717, 1.165) is 6.07 Å². The Balaban J connectivity index is 0. The predicted molar refractivity (Wildman–Crippen MR) is 150 cm³/mol. The number of rotatable bonds is 11. The molecule has 0 atom stereocenters. The van der Waals surface area contributed by atoms with Gasteiger partial charge in [0.05, 0.1) is 31.0 Å². The van der Waals surface area contributed by atoms with Crippen LogP contribution in [0.5, 0.6) is 0 Å². The second-order valence-electron chi connectivity index (χ2n) is 10.5. The molecule has 0 aliphatic heterocycles. The first-order valence-corrected chi connectivity index (χ1v) is 13.1. The summed E-state index contributed by atoms with van der Waals surface area (Å²) in [5.74, 6) is -5.04. The number of ketones is 2. The summed E-state index contributed by atoms with van der Waals surface area (Å²) >= 11 is 0. The van der Waals surface area contributed by atoms with E-state index in [1.54, 1.807) is 48.5 Å². The number of carbonyl (C=O) groups excluding carboxylic acids is 6. The van der Waals surface area contributed by atoms with Crippen molar-refractivity contribution in [2.24, 2.45) is 0 Å². The second kappa shape index (κ2) is 19.7. The van der Waals surface area contributed by atoms with Crippen molar-refractivity contribution < 1.29 is 65.6 Å². The van der Waals surface area contributed by atoms with E-state index in [2.05, 4.69) is 9.72 Å². The highest BCUT2D eigenvalue weighted by Crippen LogP contribution is 2.17. The zero-order valence-electron chi connectivity index (χ0n) is 26.1. The summed E-state index contributed by atoms with van der Waals surface area (Å²) in [7, 11) is -3.67. The Labute approximate surface area is 256 Å². The lowest BCUT2D eigenvalue weighted by atomic mass is 10.1. The van der Waals surface area contributed by atoms with Crippen molar-refractivity contribution >= 4 is 48.7 Å². The lowest BCUT2D eigenvalue weighted by Gasteiger charge is -2.19. The first-order chi connectivity index (χ1) is 20.4. The van der Waals surface area contributed by atoms with Crippen LogP contribution in [0.1, 0.15) is 84.3 Å². The Morgan fingerprint density at radius 2 is 1.33 bits per heavy atom. The van der Waals surface area contributed by atoms with Crippen LogP contribution in [-0.2, 0) is 49.3 Å². The molecule has 1 aromatic rings. The molecule has 0 aliphatic carbocycles. The molecule has 15 nitrogen and oxygen atoms in total. The normalized spacial score (nSPS) is 10.5. The van der Waals surface area contributed by atoms with Gasteiger partial charge in [-0.1, -0.05) is 0 Å². The number of nitrogens with one attached hydrogen (secondary N) is 1. The van der Waals surface area contributed by atoms with Gasteiger partial charge in [0.15, 0.2) is 5.78 Å². The van der Waals surface area contributed by atoms with Gasteiger partial charge in [0.2, 0.25) is 5.78 Å². The number of esters is 4. The Morgan fingerprint density at radius 3 is 1.76 bits per heavy atom. The van der Waals surface area contributed by atoms with E-state index >= 15 is 0 Å². The second-order valence-corrected chi connectivity index (χ2v) is 10.5. The summed E-state index contributed by atoms with van der Waals surface area (Å²) < 4.78 is 48.1. The van der Waals surface area contributed by atoms with Crippen LogP contribution >= 0.6 is 0 Å². The van der Waals surface area contributed by atoms with Crippen molar-refractivity contribution in [3.05, 3.63) is 37.8 Å². The monoisotopic (exact) mass is 652 g/mol. The lowest BCUT2D eigenvalue weighted by molar-refractivity contribution is -0.386. The molecule has 0 spiro atoms. The van der Waals surface area contributed by atoms with Crippen LogP contribution in [0.25, 0.3) is 0 Å². The number of pyridine rings is 1. The topological polar surface area (TPSA) is 215 Å². The SMILES string of the molecule is CCOC(=O)C(=O)CC(=O)CC(=O)OC(C)(C)C.CCOC(=O)c1cc(CC(=O)OC(C)(C)C)[nH]c(=O)c1[N+](=O)[O-].FB(F)F. The summed E-state index contributed by atoms with van der Waals surface area (Å²) in [4.78, 5) is 92.3. The van der Waals surface area contributed by atoms with Crippen molar-refractivity contribution in [3.63, 3.8) is 0 Å². The number of aromatic nitrogens is 1. The third-order valence-corrected chi connectivity index (χ3v) is 4.12. The molecule has 252 valence electrons. The maximum absolute atomic E-state index is 11.8. The Hall–Kier alpha value is -4.58. The van der Waals surface area contributed by atoms with E-state index < -0.39 is 88.8 Å². The number of nitrogens with zero attached hydrogens (tertiary/aromatic N) is 1. The highest BCUT2D eigenvalue weighted by molar-refractivity contribution is 6.37. The number of ether oxygens (including phenoxy) is 4. The highest BCUT2D eigenvalue weighted by atomic mass is 19.4. The summed E-state index contributed by atoms with van der Waals surface area (Å²) in [6, 6.07) is 1.06. The summed E-state index contributed by atoms with van der Waals surface area (Å²) in [5, 5.41) is 11.0. The smallest absolute Gasteiger partial charge is 0.462 e. The number of carbonyl (C=O) groups is 6. The molecule has 0 saturated carbocycles. The third-order valence-electron chi connectivity index (χ3n) is 4.12. The van der Waals surface area contributed by atoms with Gasteiger partial charge in [0.25, 0.3) is 0 Å². The van der Waals surface area contributed by atoms with E-state index in [1.807, 2.05) is 0 Å². The molecule has 0 saturated heterocycles. The average molecular weight is 652 g/mol. The fourth-order valence-electron chi connectivity index (χ4n) is 2.84. The minimum atomic E-state index is -3.67. The minimum Gasteiger partial charge on any atom is -0.462 e. The van der Waals surface area contributed by atoms with Gasteiger partial charge < -0.3 is 23.9 Å². The largest absolute Gasteiger partial charge is 0.762 e. The molecule has 0 unspecified atom stereocenters. The van der Waals surface area contributed by atoms with Crippen molar-refractivity contribution in [2.75, 3.05) is 13.2 Å². The molecule has 0 aromatic carbocycles. The number of aromatic amines is 1. The first kappa shape index (κ1) is 42.6. The molecule has 19 heteroatoms. The molecular weight excluding hydrogens is 616 g/mol. The van der Waals surface area contributed by atoms with E-state index in [9.17, 15) is 56.6 Å². The van der Waals surface area contributed by atoms with Crippen LogP contribution in [0, 0.1) is 10.1 Å². The molecule has 0 bridgehead atoms. The van der Waals surface area contributed by atoms with Gasteiger partial charge in [-0.25, -0.2) is 9.59 Å². The molecule has 45 heavy (non-hydrogen) atoms. The number of hydrogen-bond donors (Lipinski definition) is 1. The van der Waals surface area contributed by atoms with Gasteiger partial charge in [0, 0.05) is 5.69 Å². The van der Waals surface area contributed by atoms with Crippen LogP contribution in [0.15, 0.2) is 10.9 Å². The van der Waals surface area contributed by atoms with Crippen molar-refractivity contribution in [1.29, 1.82) is 0 Å². The molecule has 1 heterocycles. The third kappa shape index (κ3) is 20.9. The Bertz CT molecular complexity index is 1280. The zero-order valence-corrected chi connectivity index (χ0v) is 26.1. The highest BCUT2D eigenvalue weighted by Gasteiger charge is 2.28. The van der Waals surface area contributed by atoms with E-state index in [-0.39, 0.29) is 25.3 Å². The molecule has 0 aliphatic rings. The van der Waals surface area contributed by atoms with Gasteiger partial charge in [-0.3, -0.25) is 47.0 Å². The molecule has 0 fully saturated rings. The Morgan fingerprint density at radius 1 is 0.867 bits per heavy atom. The Kier molecular flexibility index (Phi) is 18.6. The first-order valence-electron chi connectivity index (χ1n) is 13.1. The van der Waals surface area contributed by atoms with E-state index in [0.29, 0.717) is 0 Å². The average Bonchev–Trinajstić information content (AvgIpc) is 2.81. The van der Waals surface area contributed by atoms with Gasteiger partial charge in [-0.05, 0) is 61.5 Å². The van der Waals surface area contributed by atoms with Crippen molar-refractivity contribution in [3.8, 4) is 0 Å². The van der Waals surface area contributed by atoms with Gasteiger partial charge >= 0.3 is 42.7 Å². The maximum atomic E-state index is 11.8. The van der Waals surface area contributed by atoms with Gasteiger partial charge in [-0.15, -0.1) is 0 Å². The standard InChI is InChI=1S/C14H18N2O7.C12H18O6.BF3/c1-5-22-13(19)9-6-8(7-10(17)23-14(2,3)4)15-12(18)11(9)16(20)21;1-5-17-11(16)9(14)6-8(13)7-10(15)18-12(2,3)4;2-1(3)4/h6H,5,7H2,1-4H3,(H,15,18);5-7H2,1-4H3;. The molecule has 1 N–H and O–H groups in total. The quantitative estimate of drug-likeness (QED) is 0.0693. The molecule has 1 aromatic heterocycles. The summed E-state index contributed by atoms with van der Waals surface area (Å²) in [5.41, 5.74) is -3.89. The fourth-order valence-corrected chi connectivity index (χ4v) is 2.84. The summed E-state index contributed by atoms with van der Waals surface area (Å²) in [6.07, 6.45) is -1.50. The van der Waals surface area contributed by atoms with Gasteiger partial charge in [-0.2, -0.15) is 0 Å². The molecule has 0 radical (unpaired) electrons. The number of nitro groups is 1. The van der Waals surface area contributed by atoms with Crippen LogP contribution < -0.4 is 5.56 Å². The molecule has 1 rings (SSSR count). The number of hydrogen-bond acceptors (Lipinski definition) is 13. The maximum Gasteiger partial charge on any atom is 0.762 e.